The van der Waals surface area contributed by atoms with Crippen LogP contribution in [0.2, 0.25) is 0 Å². The molecule has 1 amide bonds. The van der Waals surface area contributed by atoms with E-state index < -0.39 is 17.2 Å². The summed E-state index contributed by atoms with van der Waals surface area (Å²) >= 11 is 0. The number of nitrogens with zero attached hydrogens (tertiary/aromatic N) is 3. The molecule has 0 aromatic carbocycles. The number of rotatable bonds is 3. The van der Waals surface area contributed by atoms with E-state index in [9.17, 15) is 18.0 Å². The molecule has 31 heavy (non-hydrogen) atoms. The summed E-state index contributed by atoms with van der Waals surface area (Å²) in [5.74, 6) is 0.0604. The summed E-state index contributed by atoms with van der Waals surface area (Å²) in [5.41, 5.74) is 2.01. The van der Waals surface area contributed by atoms with Gasteiger partial charge in [0.25, 0.3) is 0 Å². The lowest BCUT2D eigenvalue weighted by molar-refractivity contribution is -0.143. The minimum atomic E-state index is -4.44. The monoisotopic (exact) mass is 431 g/mol. The molecule has 0 unspecified atom stereocenters. The molecule has 0 saturated heterocycles. The molecule has 2 aliphatic rings. The molecule has 0 N–H and O–H groups in total. The molecule has 3 heterocycles. The maximum atomic E-state index is 13.8. The number of pyridine rings is 1. The number of hydrogen-bond donors (Lipinski definition) is 0. The van der Waals surface area contributed by atoms with E-state index in [-0.39, 0.29) is 24.4 Å². The summed E-state index contributed by atoms with van der Waals surface area (Å²) in [6, 6.07) is 5.39. The van der Waals surface area contributed by atoms with E-state index in [0.29, 0.717) is 30.6 Å². The summed E-state index contributed by atoms with van der Waals surface area (Å²) in [6.45, 7) is 8.84. The predicted octanol–water partition coefficient (Wildman–Crippen LogP) is 5.25. The first-order valence-corrected chi connectivity index (χ1v) is 10.7. The third kappa shape index (κ3) is 3.68. The van der Waals surface area contributed by atoms with Gasteiger partial charge in [0.1, 0.15) is 0 Å². The van der Waals surface area contributed by atoms with Crippen molar-refractivity contribution in [2.24, 2.45) is 11.3 Å². The highest BCUT2D eigenvalue weighted by atomic mass is 19.4. The van der Waals surface area contributed by atoms with E-state index >= 15 is 0 Å². The van der Waals surface area contributed by atoms with Crippen molar-refractivity contribution in [3.8, 4) is 0 Å². The van der Waals surface area contributed by atoms with Crippen LogP contribution < -0.4 is 0 Å². The van der Waals surface area contributed by atoms with Crippen molar-refractivity contribution in [3.63, 3.8) is 0 Å². The average molecular weight is 432 g/mol. The Kier molecular flexibility index (Phi) is 5.26. The maximum Gasteiger partial charge on any atom is 0.417 e. The number of carbonyl (C=O) groups excluding carboxylic acids is 1. The normalized spacial score (nSPS) is 23.5. The first kappa shape index (κ1) is 21.7. The Bertz CT molecular complexity index is 1020. The first-order valence-electron chi connectivity index (χ1n) is 10.7. The molecule has 166 valence electrons. The molecule has 4 rings (SSSR count). The summed E-state index contributed by atoms with van der Waals surface area (Å²) < 4.78 is 41.7. The van der Waals surface area contributed by atoms with Crippen molar-refractivity contribution in [2.45, 2.75) is 59.3 Å². The summed E-state index contributed by atoms with van der Waals surface area (Å²) in [7, 11) is 0. The Morgan fingerprint density at radius 1 is 1.23 bits per heavy atom. The maximum absolute atomic E-state index is 13.8. The summed E-state index contributed by atoms with van der Waals surface area (Å²) in [4.78, 5) is 19.5. The highest BCUT2D eigenvalue weighted by Gasteiger charge is 2.47. The third-order valence-electron chi connectivity index (χ3n) is 6.90. The summed E-state index contributed by atoms with van der Waals surface area (Å²) in [6.07, 6.45) is 1.71. The number of carbonyl (C=O) groups is 1. The highest BCUT2D eigenvalue weighted by molar-refractivity contribution is 5.86. The third-order valence-corrected chi connectivity index (χ3v) is 6.90. The van der Waals surface area contributed by atoms with E-state index in [2.05, 4.69) is 41.6 Å². The van der Waals surface area contributed by atoms with Crippen molar-refractivity contribution in [1.29, 1.82) is 0 Å². The Morgan fingerprint density at radius 2 is 1.90 bits per heavy atom. The van der Waals surface area contributed by atoms with Crippen LogP contribution in [0.4, 0.5) is 13.2 Å². The van der Waals surface area contributed by atoms with Crippen LogP contribution in [0.5, 0.6) is 0 Å². The van der Waals surface area contributed by atoms with E-state index in [1.807, 2.05) is 19.9 Å². The van der Waals surface area contributed by atoms with Crippen molar-refractivity contribution >= 4 is 5.91 Å². The second-order valence-electron chi connectivity index (χ2n) is 9.12. The number of aryl methyl sites for hydroxylation is 2. The number of aromatic nitrogens is 2. The molecule has 7 heteroatoms. The minimum absolute atomic E-state index is 0.00762. The molecule has 4 nitrogen and oxygen atoms in total. The number of fused-ring (bicyclic) bond motifs is 1. The van der Waals surface area contributed by atoms with Gasteiger partial charge in [-0.25, -0.2) is 0 Å². The predicted molar refractivity (Wildman–Crippen MR) is 112 cm³/mol. The van der Waals surface area contributed by atoms with Crippen molar-refractivity contribution in [2.75, 3.05) is 6.54 Å². The SMILES string of the molecule is Cc1ccc(C)n1[C@@H]1C=C[C@@](C(=O)N2CCc3ncc(C(F)(F)F)cc3C2)(C(C)C)C1. The zero-order valence-corrected chi connectivity index (χ0v) is 18.3. The quantitative estimate of drug-likeness (QED) is 0.623. The molecule has 1 aliphatic carbocycles. The lowest BCUT2D eigenvalue weighted by Gasteiger charge is -2.39. The van der Waals surface area contributed by atoms with Gasteiger partial charge in [0.2, 0.25) is 5.91 Å². The van der Waals surface area contributed by atoms with Crippen LogP contribution >= 0.6 is 0 Å². The molecule has 0 radical (unpaired) electrons. The Hall–Kier alpha value is -2.57. The van der Waals surface area contributed by atoms with Crippen molar-refractivity contribution in [1.82, 2.24) is 14.5 Å². The van der Waals surface area contributed by atoms with Gasteiger partial charge in [-0.2, -0.15) is 13.2 Å². The molecular weight excluding hydrogens is 403 g/mol. The van der Waals surface area contributed by atoms with Gasteiger partial charge < -0.3 is 9.47 Å². The molecule has 2 atom stereocenters. The fourth-order valence-electron chi connectivity index (χ4n) is 5.03. The number of alkyl halides is 3. The van der Waals surface area contributed by atoms with Crippen molar-refractivity contribution in [3.05, 3.63) is 64.8 Å². The Labute approximate surface area is 180 Å². The smallest absolute Gasteiger partial charge is 0.342 e. The molecule has 2 aromatic heterocycles. The molecule has 1 aliphatic heterocycles. The number of amides is 1. The summed E-state index contributed by atoms with van der Waals surface area (Å²) in [5, 5.41) is 0. The second-order valence-corrected chi connectivity index (χ2v) is 9.12. The van der Waals surface area contributed by atoms with Gasteiger partial charge in [0.15, 0.2) is 0 Å². The Morgan fingerprint density at radius 3 is 2.52 bits per heavy atom. The van der Waals surface area contributed by atoms with E-state index in [1.54, 1.807) is 4.90 Å². The van der Waals surface area contributed by atoms with Gasteiger partial charge >= 0.3 is 6.18 Å². The van der Waals surface area contributed by atoms with Crippen LogP contribution in [0, 0.1) is 25.2 Å². The standard InChI is InChI=1S/C24H28F3N3O/c1-15(2)23(9-7-20(12-23)30-16(3)5-6-17(30)4)22(31)29-10-8-21-18(14-29)11-19(13-28-21)24(25,26)27/h5-7,9,11,13,15,20H,8,10,12,14H2,1-4H3/t20-,23+/m1/s1. The zero-order chi connectivity index (χ0) is 22.6. The van der Waals surface area contributed by atoms with Crippen molar-refractivity contribution < 1.29 is 18.0 Å². The van der Waals surface area contributed by atoms with E-state index in [1.165, 1.54) is 0 Å². The fraction of sp³-hybridized carbons (Fsp3) is 0.500. The van der Waals surface area contributed by atoms with Crippen LogP contribution in [0.15, 0.2) is 36.5 Å². The lowest BCUT2D eigenvalue weighted by Crippen LogP contribution is -2.47. The molecule has 0 spiro atoms. The molecule has 2 aromatic rings. The topological polar surface area (TPSA) is 38.1 Å². The molecule has 0 fully saturated rings. The Balaban J connectivity index is 1.60. The molecular formula is C24H28F3N3O. The van der Waals surface area contributed by atoms with Gasteiger partial charge in [-0.15, -0.1) is 0 Å². The number of halogens is 3. The zero-order valence-electron chi connectivity index (χ0n) is 18.3. The van der Waals surface area contributed by atoms with Crippen LogP contribution in [0.25, 0.3) is 0 Å². The largest absolute Gasteiger partial charge is 0.417 e. The van der Waals surface area contributed by atoms with E-state index in [4.69, 9.17) is 0 Å². The fourth-order valence-corrected chi connectivity index (χ4v) is 5.03. The minimum Gasteiger partial charge on any atom is -0.342 e. The van der Waals surface area contributed by atoms with Crippen LogP contribution in [0.1, 0.15) is 54.5 Å². The first-order chi connectivity index (χ1) is 14.5. The van der Waals surface area contributed by atoms with Crippen LogP contribution in [0.3, 0.4) is 0 Å². The van der Waals surface area contributed by atoms with Crippen LogP contribution in [-0.2, 0) is 23.9 Å². The highest BCUT2D eigenvalue weighted by Crippen LogP contribution is 2.46. The molecule has 0 bridgehead atoms. The lowest BCUT2D eigenvalue weighted by atomic mass is 9.74. The van der Waals surface area contributed by atoms with Gasteiger partial charge in [0, 0.05) is 42.8 Å². The number of hydrogen-bond acceptors (Lipinski definition) is 2. The van der Waals surface area contributed by atoms with E-state index in [0.717, 1.165) is 23.7 Å². The van der Waals surface area contributed by atoms with Gasteiger partial charge in [0.05, 0.1) is 17.0 Å². The number of allylic oxidation sites excluding steroid dienone is 1. The van der Waals surface area contributed by atoms with Gasteiger partial charge in [-0.1, -0.05) is 26.0 Å². The average Bonchev–Trinajstić information content (AvgIpc) is 3.30. The van der Waals surface area contributed by atoms with Gasteiger partial charge in [-0.05, 0) is 49.9 Å². The molecule has 0 saturated carbocycles. The van der Waals surface area contributed by atoms with Crippen LogP contribution in [-0.4, -0.2) is 26.9 Å². The second kappa shape index (κ2) is 7.53. The van der Waals surface area contributed by atoms with Gasteiger partial charge in [-0.3, -0.25) is 9.78 Å².